The smallest absolute Gasteiger partial charge is 0.280 e. The molecule has 20 heteroatoms. The van der Waals surface area contributed by atoms with E-state index in [9.17, 15) is 18.7 Å². The number of amides is 2. The lowest BCUT2D eigenvalue weighted by molar-refractivity contribution is 0.261. The van der Waals surface area contributed by atoms with Crippen LogP contribution < -0.4 is 10.6 Å². The summed E-state index contributed by atoms with van der Waals surface area (Å²) in [7, 11) is 0. The second kappa shape index (κ2) is 32.5. The van der Waals surface area contributed by atoms with Crippen LogP contribution in [0, 0.1) is 0 Å². The van der Waals surface area contributed by atoms with E-state index in [2.05, 4.69) is 20.6 Å². The van der Waals surface area contributed by atoms with E-state index in [-0.39, 0.29) is 23.7 Å². The molecule has 0 rings (SSSR count). The summed E-state index contributed by atoms with van der Waals surface area (Å²) in [5, 5.41) is 26.2. The van der Waals surface area contributed by atoms with Gasteiger partial charge in [-0.3, -0.25) is 9.59 Å². The number of nitrogens with zero attached hydrogens (tertiary/aromatic N) is 2. The molecule has 0 fully saturated rings. The van der Waals surface area contributed by atoms with Crippen molar-refractivity contribution in [3.8, 4) is 0 Å². The number of nitrogens with one attached hydrogen (secondary N) is 2. The van der Waals surface area contributed by atoms with Crippen LogP contribution in [0.15, 0.2) is 9.98 Å². The maximum absolute atomic E-state index is 11.9. The van der Waals surface area contributed by atoms with Crippen molar-refractivity contribution in [1.82, 2.24) is 10.6 Å². The van der Waals surface area contributed by atoms with Gasteiger partial charge in [-0.05, 0) is 17.6 Å². The first-order chi connectivity index (χ1) is 19.0. The fourth-order valence-electron chi connectivity index (χ4n) is 1.75. The zero-order valence-corrected chi connectivity index (χ0v) is 29.4. The van der Waals surface area contributed by atoms with Gasteiger partial charge in [0.15, 0.2) is 5.08 Å². The van der Waals surface area contributed by atoms with Gasteiger partial charge >= 0.3 is 0 Å². The summed E-state index contributed by atoms with van der Waals surface area (Å²) < 4.78 is 23.4. The summed E-state index contributed by atoms with van der Waals surface area (Å²) in [4.78, 5) is 31.5. The van der Waals surface area contributed by atoms with E-state index in [1.807, 2.05) is 0 Å². The SMILES string of the molecule is O=C(NCSCSC/N=C/[S+]([O-])CSCSCSC(=O)NCSCSC/N=C\[S+]([O-])CCCO)SCCCO. The van der Waals surface area contributed by atoms with E-state index < -0.39 is 22.4 Å². The molecule has 0 saturated carbocycles. The fourth-order valence-corrected chi connectivity index (χ4v) is 10.9. The predicted molar refractivity (Wildman–Crippen MR) is 188 cm³/mol. The Kier molecular flexibility index (Phi) is 33.9. The zero-order chi connectivity index (χ0) is 28.8. The molecule has 0 radical (unpaired) electrons. The third-order valence-electron chi connectivity index (χ3n) is 3.37. The molecule has 0 heterocycles. The fraction of sp³-hybridized carbons (Fsp3) is 0.789. The minimum Gasteiger partial charge on any atom is -0.611 e. The van der Waals surface area contributed by atoms with Crippen molar-refractivity contribution in [3.63, 3.8) is 0 Å². The van der Waals surface area contributed by atoms with E-state index in [0.29, 0.717) is 58.0 Å². The van der Waals surface area contributed by atoms with Gasteiger partial charge in [0.05, 0.1) is 23.5 Å². The minimum atomic E-state index is -1.13. The highest BCUT2D eigenvalue weighted by atomic mass is 32.3. The highest BCUT2D eigenvalue weighted by Gasteiger charge is 2.05. The number of rotatable bonds is 26. The zero-order valence-electron chi connectivity index (χ0n) is 21.3. The Morgan fingerprint density at radius 1 is 0.718 bits per heavy atom. The van der Waals surface area contributed by atoms with Crippen LogP contribution in [0.3, 0.4) is 0 Å². The average Bonchev–Trinajstić information content (AvgIpc) is 2.92. The number of hydrogen-bond acceptors (Lipinski definition) is 16. The molecule has 2 unspecified atom stereocenters. The average molecular weight is 737 g/mol. The van der Waals surface area contributed by atoms with E-state index in [4.69, 9.17) is 10.2 Å². The quantitative estimate of drug-likeness (QED) is 0.0328. The van der Waals surface area contributed by atoms with E-state index in [0.717, 1.165) is 15.3 Å². The second-order valence-corrected chi connectivity index (χ2v) is 18.8. The number of thioether (sulfide) groups is 8. The number of carbonyl (C=O) groups is 2. The Morgan fingerprint density at radius 3 is 1.90 bits per heavy atom. The molecule has 0 aromatic rings. The Labute approximate surface area is 271 Å². The first-order valence-electron chi connectivity index (χ1n) is 11.2. The van der Waals surface area contributed by atoms with Gasteiger partial charge in [0.1, 0.15) is 5.75 Å². The number of carbonyl (C=O) groups excluding carboxylic acids is 2. The van der Waals surface area contributed by atoms with Crippen molar-refractivity contribution < 1.29 is 28.9 Å². The second-order valence-electron chi connectivity index (χ2n) is 6.48. The van der Waals surface area contributed by atoms with Gasteiger partial charge in [-0.15, -0.1) is 58.8 Å². The summed E-state index contributed by atoms with van der Waals surface area (Å²) in [6.45, 7) is 0.125. The third kappa shape index (κ3) is 32.4. The molecule has 0 aliphatic carbocycles. The minimum absolute atomic E-state index is 0.0332. The van der Waals surface area contributed by atoms with Crippen molar-refractivity contribution in [2.24, 2.45) is 9.98 Å². The molecule has 0 aliphatic rings. The molecule has 4 N–H and O–H groups in total. The number of aliphatic hydroxyl groups is 2. The van der Waals surface area contributed by atoms with Gasteiger partial charge in [-0.1, -0.05) is 35.3 Å². The molecule has 0 bridgehead atoms. The Hall–Kier alpha value is 1.62. The van der Waals surface area contributed by atoms with Crippen molar-refractivity contribution in [1.29, 1.82) is 0 Å². The van der Waals surface area contributed by atoms with Crippen LogP contribution >= 0.6 is 94.1 Å². The molecular weight excluding hydrogens is 701 g/mol. The van der Waals surface area contributed by atoms with Gasteiger partial charge < -0.3 is 30.0 Å². The molecule has 0 saturated heterocycles. The molecule has 0 aliphatic heterocycles. The van der Waals surface area contributed by atoms with Gasteiger partial charge in [-0.25, -0.2) is 9.98 Å². The molecule has 39 heavy (non-hydrogen) atoms. The topological polar surface area (TPSA) is 169 Å². The number of hydrogen-bond donors (Lipinski definition) is 4. The molecule has 2 atom stereocenters. The standard InChI is InChI=1S/C19H36N4O6S10/c24-3-1-5-36-18(26)22-9-32-14-31-8-21-12-39(29)17-35-15-34-16-37-19(27)23-10-33-13-30-7-20-11-38(28)6-2-4-25/h11-12,24-25H,1-10,13-17H2,(H,22,26)(H,23,27)/b20-11-,21-12+. The molecule has 0 spiro atoms. The monoisotopic (exact) mass is 736 g/mol. The Morgan fingerprint density at radius 2 is 1.28 bits per heavy atom. The van der Waals surface area contributed by atoms with E-state index in [1.54, 1.807) is 70.6 Å². The van der Waals surface area contributed by atoms with E-state index in [1.165, 1.54) is 34.6 Å². The van der Waals surface area contributed by atoms with Crippen molar-refractivity contribution >= 4 is 138 Å². The van der Waals surface area contributed by atoms with Crippen LogP contribution in [-0.2, 0) is 22.4 Å². The lowest BCUT2D eigenvalue weighted by atomic mass is 10.5. The molecular formula is C19H36N4O6S10. The maximum Gasteiger partial charge on any atom is 0.280 e. The van der Waals surface area contributed by atoms with Crippen LogP contribution in [0.25, 0.3) is 0 Å². The first-order valence-corrected chi connectivity index (χ1v) is 22.9. The third-order valence-corrected chi connectivity index (χ3v) is 14.2. The maximum atomic E-state index is 11.9. The lowest BCUT2D eigenvalue weighted by Crippen LogP contribution is -2.18. The number of aliphatic imine (C=N–C) groups is 2. The molecule has 10 nitrogen and oxygen atoms in total. The van der Waals surface area contributed by atoms with Crippen LogP contribution in [-0.4, -0.2) is 115 Å². The van der Waals surface area contributed by atoms with Crippen LogP contribution in [0.4, 0.5) is 9.59 Å². The Balaban J connectivity index is 3.46. The van der Waals surface area contributed by atoms with Crippen molar-refractivity contribution in [3.05, 3.63) is 0 Å². The molecule has 0 aromatic heterocycles. The van der Waals surface area contributed by atoms with Gasteiger partial charge in [0, 0.05) is 56.9 Å². The highest BCUT2D eigenvalue weighted by Crippen LogP contribution is 2.20. The highest BCUT2D eigenvalue weighted by molar-refractivity contribution is 8.29. The summed E-state index contributed by atoms with van der Waals surface area (Å²) in [5.74, 6) is 3.10. The van der Waals surface area contributed by atoms with Crippen molar-refractivity contribution in [2.75, 3.05) is 73.7 Å². The summed E-state index contributed by atoms with van der Waals surface area (Å²) >= 11 is 9.58. The predicted octanol–water partition coefficient (Wildman–Crippen LogP) is 4.21. The van der Waals surface area contributed by atoms with Gasteiger partial charge in [0.2, 0.25) is 11.1 Å². The largest absolute Gasteiger partial charge is 0.611 e. The summed E-state index contributed by atoms with van der Waals surface area (Å²) in [6, 6.07) is 0. The summed E-state index contributed by atoms with van der Waals surface area (Å²) in [5.41, 5.74) is 2.89. The van der Waals surface area contributed by atoms with Gasteiger partial charge in [-0.2, -0.15) is 0 Å². The van der Waals surface area contributed by atoms with E-state index >= 15 is 0 Å². The van der Waals surface area contributed by atoms with Crippen LogP contribution in [0.2, 0.25) is 0 Å². The lowest BCUT2D eigenvalue weighted by Gasteiger charge is -2.06. The molecule has 2 amide bonds. The number of aliphatic hydroxyl groups excluding tert-OH is 2. The van der Waals surface area contributed by atoms with Gasteiger partial charge in [0.25, 0.3) is 10.5 Å². The molecule has 228 valence electrons. The van der Waals surface area contributed by atoms with Crippen LogP contribution in [0.1, 0.15) is 12.8 Å². The summed E-state index contributed by atoms with van der Waals surface area (Å²) in [6.07, 6.45) is 1.11. The molecule has 0 aromatic carbocycles. The normalized spacial score (nSPS) is 13.2. The van der Waals surface area contributed by atoms with Crippen molar-refractivity contribution in [2.45, 2.75) is 12.8 Å². The van der Waals surface area contributed by atoms with Crippen LogP contribution in [0.5, 0.6) is 0 Å². The first kappa shape index (κ1) is 40.6. The Bertz CT molecular complexity index is 660.